The summed E-state index contributed by atoms with van der Waals surface area (Å²) in [4.78, 5) is 4.64. The third kappa shape index (κ3) is 3.34. The number of aryl methyl sites for hydroxylation is 1. The summed E-state index contributed by atoms with van der Waals surface area (Å²) >= 11 is 0. The molecule has 1 aromatic carbocycles. The normalized spacial score (nSPS) is 18.0. The van der Waals surface area contributed by atoms with Gasteiger partial charge >= 0.3 is 0 Å². The fraction of sp³-hybridized carbons (Fsp3) is 0.227. The van der Waals surface area contributed by atoms with Gasteiger partial charge in [-0.1, -0.05) is 59.7 Å². The molecule has 116 valence electrons. The van der Waals surface area contributed by atoms with Gasteiger partial charge in [0, 0.05) is 12.1 Å². The summed E-state index contributed by atoms with van der Waals surface area (Å²) in [5.41, 5.74) is 7.55. The van der Waals surface area contributed by atoms with Crippen LogP contribution in [0.1, 0.15) is 31.5 Å². The van der Waals surface area contributed by atoms with Crippen LogP contribution in [-0.4, -0.2) is 4.98 Å². The molecule has 0 saturated heterocycles. The molecule has 0 saturated carbocycles. The molecule has 0 fully saturated rings. The van der Waals surface area contributed by atoms with Crippen molar-refractivity contribution in [2.75, 3.05) is 0 Å². The van der Waals surface area contributed by atoms with E-state index in [4.69, 9.17) is 0 Å². The number of hydrogen-bond acceptors (Lipinski definition) is 1. The van der Waals surface area contributed by atoms with E-state index in [-0.39, 0.29) is 0 Å². The molecule has 23 heavy (non-hydrogen) atoms. The summed E-state index contributed by atoms with van der Waals surface area (Å²) in [6, 6.07) is 13.0. The van der Waals surface area contributed by atoms with Crippen LogP contribution in [0.2, 0.25) is 0 Å². The van der Waals surface area contributed by atoms with E-state index in [1.807, 2.05) is 6.20 Å². The zero-order valence-corrected chi connectivity index (χ0v) is 14.1. The van der Waals surface area contributed by atoms with Crippen molar-refractivity contribution in [1.29, 1.82) is 0 Å². The second kappa shape index (κ2) is 6.78. The maximum absolute atomic E-state index is 4.64. The molecule has 1 aliphatic carbocycles. The first-order chi connectivity index (χ1) is 11.2. The van der Waals surface area contributed by atoms with Gasteiger partial charge in [0.25, 0.3) is 0 Å². The zero-order chi connectivity index (χ0) is 16.2. The van der Waals surface area contributed by atoms with Crippen LogP contribution in [0.4, 0.5) is 0 Å². The van der Waals surface area contributed by atoms with E-state index in [9.17, 15) is 0 Å². The minimum Gasteiger partial charge on any atom is -0.257 e. The third-order valence-corrected chi connectivity index (χ3v) is 4.60. The number of pyridine rings is 1. The standard InChI is InChI=1S/C22H23N/c1-4-17(3)20-7-5-6-8-21(20)22-15-19(13-14-23-22)18-11-9-16(2)10-12-18/h4-6,8-15,20H,7H2,1-3H3. The van der Waals surface area contributed by atoms with Crippen molar-refractivity contribution >= 4 is 5.57 Å². The molecule has 2 aromatic rings. The van der Waals surface area contributed by atoms with Crippen molar-refractivity contribution < 1.29 is 0 Å². The molecule has 1 heteroatoms. The van der Waals surface area contributed by atoms with Gasteiger partial charge in [0.2, 0.25) is 0 Å². The number of hydrogen-bond donors (Lipinski definition) is 0. The smallest absolute Gasteiger partial charge is 0.0673 e. The Hall–Kier alpha value is -2.41. The number of nitrogens with zero attached hydrogens (tertiary/aromatic N) is 1. The molecule has 0 spiro atoms. The van der Waals surface area contributed by atoms with Crippen LogP contribution in [0.15, 0.2) is 72.5 Å². The van der Waals surface area contributed by atoms with Gasteiger partial charge in [-0.3, -0.25) is 4.98 Å². The molecule has 0 bridgehead atoms. The van der Waals surface area contributed by atoms with Gasteiger partial charge in [-0.25, -0.2) is 0 Å². The van der Waals surface area contributed by atoms with Gasteiger partial charge in [-0.15, -0.1) is 0 Å². The summed E-state index contributed by atoms with van der Waals surface area (Å²) in [7, 11) is 0. The first kappa shape index (κ1) is 15.5. The van der Waals surface area contributed by atoms with E-state index >= 15 is 0 Å². The van der Waals surface area contributed by atoms with Crippen LogP contribution in [0, 0.1) is 12.8 Å². The second-order valence-corrected chi connectivity index (χ2v) is 6.17. The van der Waals surface area contributed by atoms with Gasteiger partial charge in [0.05, 0.1) is 5.69 Å². The van der Waals surface area contributed by atoms with Crippen LogP contribution in [0.25, 0.3) is 16.7 Å². The van der Waals surface area contributed by atoms with Crippen LogP contribution in [0.5, 0.6) is 0 Å². The van der Waals surface area contributed by atoms with Crippen molar-refractivity contribution in [2.24, 2.45) is 5.92 Å². The first-order valence-electron chi connectivity index (χ1n) is 8.22. The molecule has 1 atom stereocenters. The summed E-state index contributed by atoms with van der Waals surface area (Å²) in [6.45, 7) is 6.44. The Morgan fingerprint density at radius 3 is 2.65 bits per heavy atom. The van der Waals surface area contributed by atoms with Crippen LogP contribution in [-0.2, 0) is 0 Å². The van der Waals surface area contributed by atoms with E-state index < -0.39 is 0 Å². The van der Waals surface area contributed by atoms with Crippen LogP contribution < -0.4 is 0 Å². The molecule has 1 heterocycles. The van der Waals surface area contributed by atoms with Gasteiger partial charge in [-0.2, -0.15) is 0 Å². The minimum atomic E-state index is 0.436. The summed E-state index contributed by atoms with van der Waals surface area (Å²) in [5.74, 6) is 0.436. The Bertz CT molecular complexity index is 776. The Morgan fingerprint density at radius 1 is 1.13 bits per heavy atom. The van der Waals surface area contributed by atoms with Gasteiger partial charge in [-0.05, 0) is 56.0 Å². The third-order valence-electron chi connectivity index (χ3n) is 4.60. The fourth-order valence-corrected chi connectivity index (χ4v) is 3.04. The SMILES string of the molecule is CC=C(C)C1CC=CC=C1c1cc(-c2ccc(C)cc2)ccn1. The number of rotatable bonds is 3. The molecule has 0 N–H and O–H groups in total. The molecule has 0 radical (unpaired) electrons. The quantitative estimate of drug-likeness (QED) is 0.635. The van der Waals surface area contributed by atoms with E-state index in [1.165, 1.54) is 27.8 Å². The first-order valence-corrected chi connectivity index (χ1v) is 8.22. The lowest BCUT2D eigenvalue weighted by Gasteiger charge is -2.22. The highest BCUT2D eigenvalue weighted by Crippen LogP contribution is 2.35. The Labute approximate surface area is 139 Å². The Balaban J connectivity index is 2.00. The van der Waals surface area contributed by atoms with Crippen LogP contribution in [0.3, 0.4) is 0 Å². The molecular formula is C22H23N. The van der Waals surface area contributed by atoms with E-state index in [0.29, 0.717) is 5.92 Å². The predicted octanol–water partition coefficient (Wildman–Crippen LogP) is 5.98. The molecule has 0 aliphatic heterocycles. The van der Waals surface area contributed by atoms with Crippen molar-refractivity contribution in [3.8, 4) is 11.1 Å². The second-order valence-electron chi connectivity index (χ2n) is 6.17. The van der Waals surface area contributed by atoms with Crippen molar-refractivity contribution in [3.63, 3.8) is 0 Å². The van der Waals surface area contributed by atoms with Crippen molar-refractivity contribution in [1.82, 2.24) is 4.98 Å². The number of benzene rings is 1. The van der Waals surface area contributed by atoms with Crippen molar-refractivity contribution in [3.05, 3.63) is 83.7 Å². The van der Waals surface area contributed by atoms with E-state index in [0.717, 1.165) is 12.1 Å². The summed E-state index contributed by atoms with van der Waals surface area (Å²) in [6.07, 6.45) is 11.8. The maximum atomic E-state index is 4.64. The summed E-state index contributed by atoms with van der Waals surface area (Å²) in [5, 5.41) is 0. The van der Waals surface area contributed by atoms with E-state index in [2.05, 4.69) is 86.5 Å². The van der Waals surface area contributed by atoms with E-state index in [1.54, 1.807) is 0 Å². The van der Waals surface area contributed by atoms with Crippen molar-refractivity contribution in [2.45, 2.75) is 27.2 Å². The number of aromatic nitrogens is 1. The Kier molecular flexibility index (Phi) is 4.57. The minimum absolute atomic E-state index is 0.436. The molecular weight excluding hydrogens is 278 g/mol. The highest BCUT2D eigenvalue weighted by Gasteiger charge is 2.19. The zero-order valence-electron chi connectivity index (χ0n) is 14.1. The molecule has 3 rings (SSSR count). The Morgan fingerprint density at radius 2 is 1.91 bits per heavy atom. The molecule has 1 unspecified atom stereocenters. The highest BCUT2D eigenvalue weighted by molar-refractivity contribution is 5.74. The molecule has 1 nitrogen and oxygen atoms in total. The highest BCUT2D eigenvalue weighted by atomic mass is 14.7. The lowest BCUT2D eigenvalue weighted by Crippen LogP contribution is -2.08. The molecule has 1 aromatic heterocycles. The summed E-state index contributed by atoms with van der Waals surface area (Å²) < 4.78 is 0. The largest absolute Gasteiger partial charge is 0.257 e. The maximum Gasteiger partial charge on any atom is 0.0673 e. The lowest BCUT2D eigenvalue weighted by molar-refractivity contribution is 0.781. The average molecular weight is 301 g/mol. The fourth-order valence-electron chi connectivity index (χ4n) is 3.04. The monoisotopic (exact) mass is 301 g/mol. The number of allylic oxidation sites excluding steroid dienone is 6. The van der Waals surface area contributed by atoms with Gasteiger partial charge in [0.15, 0.2) is 0 Å². The average Bonchev–Trinajstić information content (AvgIpc) is 2.62. The topological polar surface area (TPSA) is 12.9 Å². The van der Waals surface area contributed by atoms with Crippen LogP contribution >= 0.6 is 0 Å². The van der Waals surface area contributed by atoms with Gasteiger partial charge < -0.3 is 0 Å². The van der Waals surface area contributed by atoms with Gasteiger partial charge in [0.1, 0.15) is 0 Å². The molecule has 0 amide bonds. The molecule has 1 aliphatic rings. The predicted molar refractivity (Wildman–Crippen MR) is 99.1 cm³/mol. The lowest BCUT2D eigenvalue weighted by atomic mass is 9.83.